The predicted molar refractivity (Wildman–Crippen MR) is 101 cm³/mol. The van der Waals surface area contributed by atoms with Gasteiger partial charge in [0.1, 0.15) is 17.5 Å². The van der Waals surface area contributed by atoms with Crippen LogP contribution in [0, 0.1) is 6.92 Å². The zero-order chi connectivity index (χ0) is 17.2. The summed E-state index contributed by atoms with van der Waals surface area (Å²) in [7, 11) is 0. The van der Waals surface area contributed by atoms with Crippen LogP contribution in [0.3, 0.4) is 0 Å². The van der Waals surface area contributed by atoms with Gasteiger partial charge in [-0.2, -0.15) is 0 Å². The van der Waals surface area contributed by atoms with E-state index in [1.54, 1.807) is 0 Å². The quantitative estimate of drug-likeness (QED) is 0.938. The summed E-state index contributed by atoms with van der Waals surface area (Å²) in [5, 5.41) is 3.45. The minimum Gasteiger partial charge on any atom is -0.368 e. The normalized spacial score (nSPS) is 15.5. The number of piperazine rings is 1. The molecule has 0 aliphatic carbocycles. The molecular formula is C19H27N5. The van der Waals surface area contributed by atoms with Gasteiger partial charge in [0.2, 0.25) is 0 Å². The third kappa shape index (κ3) is 4.16. The fourth-order valence-corrected chi connectivity index (χ4v) is 2.99. The van der Waals surface area contributed by atoms with Gasteiger partial charge in [0.05, 0.1) is 0 Å². The lowest BCUT2D eigenvalue weighted by Crippen LogP contribution is -2.47. The third-order valence-electron chi connectivity index (χ3n) is 4.05. The van der Waals surface area contributed by atoms with Crippen molar-refractivity contribution in [1.29, 1.82) is 0 Å². The lowest BCUT2D eigenvalue weighted by atomic mass is 10.1. The van der Waals surface area contributed by atoms with E-state index in [0.29, 0.717) is 0 Å². The molecule has 1 fully saturated rings. The number of aromatic nitrogens is 2. The molecule has 0 saturated carbocycles. The van der Waals surface area contributed by atoms with Crippen LogP contribution in [0.5, 0.6) is 0 Å². The molecule has 1 aromatic heterocycles. The Morgan fingerprint density at radius 2 is 1.54 bits per heavy atom. The largest absolute Gasteiger partial charge is 0.368 e. The molecule has 5 nitrogen and oxygen atoms in total. The highest BCUT2D eigenvalue weighted by atomic mass is 15.3. The molecule has 5 heteroatoms. The maximum absolute atomic E-state index is 4.64. The van der Waals surface area contributed by atoms with E-state index in [4.69, 9.17) is 0 Å². The minimum absolute atomic E-state index is 0.00985. The second-order valence-corrected chi connectivity index (χ2v) is 7.34. The van der Waals surface area contributed by atoms with Crippen molar-refractivity contribution in [3.63, 3.8) is 0 Å². The first-order chi connectivity index (χ1) is 11.4. The SMILES string of the molecule is Cc1nc(NC(C)(C)C)cc(N2CCN(c3ccccc3)CC2)n1. The Balaban J connectivity index is 1.70. The van der Waals surface area contributed by atoms with Gasteiger partial charge in [-0.25, -0.2) is 9.97 Å². The molecule has 1 N–H and O–H groups in total. The Morgan fingerprint density at radius 3 is 2.17 bits per heavy atom. The molecular weight excluding hydrogens is 298 g/mol. The maximum atomic E-state index is 4.64. The first-order valence-corrected chi connectivity index (χ1v) is 8.59. The van der Waals surface area contributed by atoms with Gasteiger partial charge in [-0.15, -0.1) is 0 Å². The van der Waals surface area contributed by atoms with Crippen molar-refractivity contribution in [2.24, 2.45) is 0 Å². The number of hydrogen-bond donors (Lipinski definition) is 1. The van der Waals surface area contributed by atoms with Crippen LogP contribution in [0.4, 0.5) is 17.3 Å². The van der Waals surface area contributed by atoms with Gasteiger partial charge in [-0.1, -0.05) is 18.2 Å². The van der Waals surface area contributed by atoms with E-state index in [0.717, 1.165) is 43.6 Å². The van der Waals surface area contributed by atoms with E-state index in [2.05, 4.69) is 82.3 Å². The van der Waals surface area contributed by atoms with Crippen molar-refractivity contribution in [1.82, 2.24) is 9.97 Å². The average molecular weight is 325 g/mol. The molecule has 3 rings (SSSR count). The molecule has 0 radical (unpaired) electrons. The first-order valence-electron chi connectivity index (χ1n) is 8.59. The van der Waals surface area contributed by atoms with E-state index < -0.39 is 0 Å². The van der Waals surface area contributed by atoms with Crippen LogP contribution in [0.15, 0.2) is 36.4 Å². The Morgan fingerprint density at radius 1 is 0.917 bits per heavy atom. The van der Waals surface area contributed by atoms with Gasteiger partial charge < -0.3 is 15.1 Å². The number of anilines is 3. The van der Waals surface area contributed by atoms with E-state index in [1.165, 1.54) is 5.69 Å². The van der Waals surface area contributed by atoms with Crippen LogP contribution in [0.1, 0.15) is 26.6 Å². The smallest absolute Gasteiger partial charge is 0.134 e. The Hall–Kier alpha value is -2.30. The zero-order valence-electron chi connectivity index (χ0n) is 15.1. The summed E-state index contributed by atoms with van der Waals surface area (Å²) >= 11 is 0. The molecule has 1 aliphatic heterocycles. The number of benzene rings is 1. The average Bonchev–Trinajstić information content (AvgIpc) is 2.54. The molecule has 0 amide bonds. The molecule has 2 heterocycles. The fourth-order valence-electron chi connectivity index (χ4n) is 2.99. The maximum Gasteiger partial charge on any atom is 0.134 e. The Kier molecular flexibility index (Phi) is 4.60. The van der Waals surface area contributed by atoms with E-state index in [9.17, 15) is 0 Å². The highest BCUT2D eigenvalue weighted by Gasteiger charge is 2.20. The number of nitrogens with one attached hydrogen (secondary N) is 1. The summed E-state index contributed by atoms with van der Waals surface area (Å²) in [6.07, 6.45) is 0. The van der Waals surface area contributed by atoms with Crippen molar-refractivity contribution in [3.8, 4) is 0 Å². The molecule has 0 atom stereocenters. The second kappa shape index (κ2) is 6.67. The van der Waals surface area contributed by atoms with Crippen molar-refractivity contribution >= 4 is 17.3 Å². The molecule has 128 valence electrons. The topological polar surface area (TPSA) is 44.3 Å². The Labute approximate surface area is 144 Å². The molecule has 1 aromatic carbocycles. The summed E-state index contributed by atoms with van der Waals surface area (Å²) in [4.78, 5) is 13.9. The molecule has 1 saturated heterocycles. The van der Waals surface area contributed by atoms with Crippen LogP contribution in [-0.4, -0.2) is 41.7 Å². The summed E-state index contributed by atoms with van der Waals surface area (Å²) in [5.74, 6) is 2.72. The minimum atomic E-state index is -0.00985. The van der Waals surface area contributed by atoms with E-state index in [1.807, 2.05) is 6.92 Å². The van der Waals surface area contributed by atoms with Crippen LogP contribution in [0.2, 0.25) is 0 Å². The predicted octanol–water partition coefficient (Wildman–Crippen LogP) is 3.32. The van der Waals surface area contributed by atoms with Crippen LogP contribution in [0.25, 0.3) is 0 Å². The summed E-state index contributed by atoms with van der Waals surface area (Å²) < 4.78 is 0. The van der Waals surface area contributed by atoms with Gasteiger partial charge in [-0.05, 0) is 39.8 Å². The Bertz CT molecular complexity index is 670. The van der Waals surface area contributed by atoms with Gasteiger partial charge >= 0.3 is 0 Å². The number of hydrogen-bond acceptors (Lipinski definition) is 5. The van der Waals surface area contributed by atoms with Gasteiger partial charge in [0.15, 0.2) is 0 Å². The molecule has 0 bridgehead atoms. The molecule has 0 unspecified atom stereocenters. The number of aryl methyl sites for hydroxylation is 1. The lowest BCUT2D eigenvalue weighted by Gasteiger charge is -2.37. The number of rotatable bonds is 3. The van der Waals surface area contributed by atoms with Crippen molar-refractivity contribution in [3.05, 3.63) is 42.2 Å². The van der Waals surface area contributed by atoms with Crippen molar-refractivity contribution < 1.29 is 0 Å². The first kappa shape index (κ1) is 16.6. The standard InChI is InChI=1S/C19H27N5/c1-15-20-17(22-19(2,3)4)14-18(21-15)24-12-10-23(11-13-24)16-8-6-5-7-9-16/h5-9,14H,10-13H2,1-4H3,(H,20,21,22). The zero-order valence-corrected chi connectivity index (χ0v) is 15.1. The highest BCUT2D eigenvalue weighted by molar-refractivity contribution is 5.53. The highest BCUT2D eigenvalue weighted by Crippen LogP contribution is 2.22. The third-order valence-corrected chi connectivity index (χ3v) is 4.05. The summed E-state index contributed by atoms with van der Waals surface area (Å²) in [5.41, 5.74) is 1.29. The van der Waals surface area contributed by atoms with Crippen LogP contribution >= 0.6 is 0 Å². The lowest BCUT2D eigenvalue weighted by molar-refractivity contribution is 0.626. The molecule has 0 spiro atoms. The number of para-hydroxylation sites is 1. The van der Waals surface area contributed by atoms with Gasteiger partial charge in [0.25, 0.3) is 0 Å². The number of nitrogens with zero attached hydrogens (tertiary/aromatic N) is 4. The van der Waals surface area contributed by atoms with Crippen LogP contribution < -0.4 is 15.1 Å². The monoisotopic (exact) mass is 325 g/mol. The van der Waals surface area contributed by atoms with Gasteiger partial charge in [0, 0.05) is 43.5 Å². The van der Waals surface area contributed by atoms with Gasteiger partial charge in [-0.3, -0.25) is 0 Å². The van der Waals surface area contributed by atoms with Crippen molar-refractivity contribution in [2.45, 2.75) is 33.2 Å². The van der Waals surface area contributed by atoms with E-state index >= 15 is 0 Å². The summed E-state index contributed by atoms with van der Waals surface area (Å²) in [6.45, 7) is 12.3. The van der Waals surface area contributed by atoms with Crippen molar-refractivity contribution in [2.75, 3.05) is 41.3 Å². The molecule has 2 aromatic rings. The fraction of sp³-hybridized carbons (Fsp3) is 0.474. The van der Waals surface area contributed by atoms with Crippen LogP contribution in [-0.2, 0) is 0 Å². The molecule has 24 heavy (non-hydrogen) atoms. The molecule has 1 aliphatic rings. The van der Waals surface area contributed by atoms with E-state index in [-0.39, 0.29) is 5.54 Å². The summed E-state index contributed by atoms with van der Waals surface area (Å²) in [6, 6.07) is 12.7. The second-order valence-electron chi connectivity index (χ2n) is 7.34.